The number of carbonyl (C=O) groups is 3. The summed E-state index contributed by atoms with van der Waals surface area (Å²) in [6, 6.07) is 6.88. The van der Waals surface area contributed by atoms with Crippen LogP contribution in [0.3, 0.4) is 0 Å². The van der Waals surface area contributed by atoms with Crippen LogP contribution in [-0.4, -0.2) is 29.1 Å². The third kappa shape index (κ3) is 5.62. The molecule has 162 valence electrons. The van der Waals surface area contributed by atoms with Crippen LogP contribution in [0.15, 0.2) is 35.4 Å². The fraction of sp³-hybridized carbons (Fsp3) is 0.522. The number of aliphatic carboxylic acids is 1. The van der Waals surface area contributed by atoms with Crippen molar-refractivity contribution in [3.05, 3.63) is 35.4 Å². The highest BCUT2D eigenvalue weighted by Crippen LogP contribution is 2.35. The van der Waals surface area contributed by atoms with Gasteiger partial charge in [0.2, 0.25) is 5.91 Å². The molecule has 1 saturated carbocycles. The lowest BCUT2D eigenvalue weighted by Gasteiger charge is -2.29. The molecule has 7 heteroatoms. The Hall–Kier alpha value is -2.83. The quantitative estimate of drug-likeness (QED) is 0.532. The van der Waals surface area contributed by atoms with E-state index in [4.69, 9.17) is 0 Å². The van der Waals surface area contributed by atoms with E-state index in [1.165, 1.54) is 6.42 Å². The Morgan fingerprint density at radius 1 is 0.833 bits per heavy atom. The number of nitrogens with one attached hydrogen (secondary N) is 3. The number of benzene rings is 1. The monoisotopic (exact) mass is 413 g/mol. The van der Waals surface area contributed by atoms with E-state index in [-0.39, 0.29) is 18.0 Å². The number of allylic oxidation sites excluding steroid dienone is 2. The number of amides is 3. The van der Waals surface area contributed by atoms with Gasteiger partial charge in [0, 0.05) is 17.4 Å². The van der Waals surface area contributed by atoms with E-state index in [0.717, 1.165) is 36.8 Å². The lowest BCUT2D eigenvalue weighted by Crippen LogP contribution is -2.39. The maximum atomic E-state index is 12.7. The van der Waals surface area contributed by atoms with Crippen molar-refractivity contribution in [2.45, 2.75) is 64.8 Å². The van der Waals surface area contributed by atoms with Crippen LogP contribution < -0.4 is 16.0 Å². The summed E-state index contributed by atoms with van der Waals surface area (Å²) in [4.78, 5) is 36.5. The first-order valence-electron chi connectivity index (χ1n) is 10.7. The van der Waals surface area contributed by atoms with Crippen LogP contribution in [-0.2, 0) is 9.59 Å². The van der Waals surface area contributed by atoms with Crippen LogP contribution in [0.4, 0.5) is 16.2 Å². The lowest BCUT2D eigenvalue weighted by atomic mass is 9.76. The van der Waals surface area contributed by atoms with E-state index in [0.29, 0.717) is 24.2 Å². The second-order valence-corrected chi connectivity index (χ2v) is 8.52. The van der Waals surface area contributed by atoms with Gasteiger partial charge in [-0.05, 0) is 63.8 Å². The number of carboxylic acid groups (broad SMARTS) is 1. The Balaban J connectivity index is 1.56. The van der Waals surface area contributed by atoms with Crippen molar-refractivity contribution in [3.63, 3.8) is 0 Å². The minimum absolute atomic E-state index is 0.220. The molecule has 1 aromatic carbocycles. The van der Waals surface area contributed by atoms with Crippen LogP contribution in [0, 0.1) is 11.8 Å². The predicted octanol–water partition coefficient (Wildman–Crippen LogP) is 4.53. The average molecular weight is 414 g/mol. The molecule has 0 aliphatic heterocycles. The number of anilines is 2. The Kier molecular flexibility index (Phi) is 7.13. The third-order valence-electron chi connectivity index (χ3n) is 6.27. The molecule has 0 radical (unpaired) electrons. The molecule has 0 spiro atoms. The summed E-state index contributed by atoms with van der Waals surface area (Å²) in [5, 5.41) is 18.2. The van der Waals surface area contributed by atoms with Gasteiger partial charge in [0.15, 0.2) is 0 Å². The molecule has 0 aromatic heterocycles. The Morgan fingerprint density at radius 3 is 1.93 bits per heavy atom. The van der Waals surface area contributed by atoms with Crippen LogP contribution in [0.1, 0.15) is 58.8 Å². The van der Waals surface area contributed by atoms with E-state index >= 15 is 0 Å². The fourth-order valence-electron chi connectivity index (χ4n) is 4.30. The molecule has 2 aliphatic rings. The van der Waals surface area contributed by atoms with Gasteiger partial charge in [0.25, 0.3) is 0 Å². The second-order valence-electron chi connectivity index (χ2n) is 8.52. The largest absolute Gasteiger partial charge is 0.481 e. The van der Waals surface area contributed by atoms with E-state index in [1.54, 1.807) is 24.3 Å². The maximum Gasteiger partial charge on any atom is 0.319 e. The zero-order valence-corrected chi connectivity index (χ0v) is 17.7. The van der Waals surface area contributed by atoms with Crippen LogP contribution in [0.25, 0.3) is 0 Å². The zero-order valence-electron chi connectivity index (χ0n) is 17.7. The van der Waals surface area contributed by atoms with Crippen molar-refractivity contribution in [1.82, 2.24) is 5.32 Å². The number of urea groups is 1. The van der Waals surface area contributed by atoms with Crippen LogP contribution in [0.5, 0.6) is 0 Å². The van der Waals surface area contributed by atoms with Crippen LogP contribution in [0.2, 0.25) is 0 Å². The number of carbonyl (C=O) groups excluding carboxylic acids is 2. The van der Waals surface area contributed by atoms with Crippen LogP contribution >= 0.6 is 0 Å². The molecule has 0 heterocycles. The van der Waals surface area contributed by atoms with Crippen molar-refractivity contribution in [1.29, 1.82) is 0 Å². The van der Waals surface area contributed by atoms with Gasteiger partial charge < -0.3 is 21.1 Å². The molecular formula is C23H31N3O4. The highest BCUT2D eigenvalue weighted by molar-refractivity contribution is 5.96. The van der Waals surface area contributed by atoms with Gasteiger partial charge in [-0.2, -0.15) is 0 Å². The molecule has 0 unspecified atom stereocenters. The molecule has 0 bridgehead atoms. The topological polar surface area (TPSA) is 108 Å². The van der Waals surface area contributed by atoms with Crippen molar-refractivity contribution in [2.24, 2.45) is 11.8 Å². The SMILES string of the molecule is CC1=C(C)C[C@@H](C(=O)Nc2ccc(NC(=O)NC3CCCCC3)cc2)[C@@H](C(=O)O)C1. The van der Waals surface area contributed by atoms with Gasteiger partial charge in [0.1, 0.15) is 0 Å². The molecule has 2 atom stereocenters. The minimum Gasteiger partial charge on any atom is -0.481 e. The smallest absolute Gasteiger partial charge is 0.319 e. The zero-order chi connectivity index (χ0) is 21.7. The Bertz CT molecular complexity index is 825. The second kappa shape index (κ2) is 9.78. The van der Waals surface area contributed by atoms with Gasteiger partial charge in [0.05, 0.1) is 11.8 Å². The highest BCUT2D eigenvalue weighted by atomic mass is 16.4. The molecule has 30 heavy (non-hydrogen) atoms. The van der Waals surface area contributed by atoms with E-state index in [9.17, 15) is 19.5 Å². The summed E-state index contributed by atoms with van der Waals surface area (Å²) in [5.41, 5.74) is 3.34. The molecule has 2 aliphatic carbocycles. The number of carboxylic acids is 1. The number of hydrogen-bond acceptors (Lipinski definition) is 3. The predicted molar refractivity (Wildman–Crippen MR) is 116 cm³/mol. The van der Waals surface area contributed by atoms with Crippen molar-refractivity contribution >= 4 is 29.3 Å². The summed E-state index contributed by atoms with van der Waals surface area (Å²) in [6.45, 7) is 3.88. The highest BCUT2D eigenvalue weighted by Gasteiger charge is 2.37. The molecule has 1 fully saturated rings. The Labute approximate surface area is 177 Å². The number of hydrogen-bond donors (Lipinski definition) is 4. The molecule has 3 amide bonds. The van der Waals surface area contributed by atoms with Crippen molar-refractivity contribution < 1.29 is 19.5 Å². The maximum absolute atomic E-state index is 12.7. The molecule has 3 rings (SSSR count). The first-order chi connectivity index (χ1) is 14.3. The van der Waals surface area contributed by atoms with Gasteiger partial charge in [-0.1, -0.05) is 30.4 Å². The van der Waals surface area contributed by atoms with Gasteiger partial charge in [-0.25, -0.2) is 4.79 Å². The summed E-state index contributed by atoms with van der Waals surface area (Å²) in [7, 11) is 0. The molecule has 4 N–H and O–H groups in total. The van der Waals surface area contributed by atoms with Crippen molar-refractivity contribution in [2.75, 3.05) is 10.6 Å². The van der Waals surface area contributed by atoms with E-state index in [2.05, 4.69) is 16.0 Å². The fourth-order valence-corrected chi connectivity index (χ4v) is 4.30. The summed E-state index contributed by atoms with van der Waals surface area (Å²) in [6.07, 6.45) is 6.43. The van der Waals surface area contributed by atoms with E-state index < -0.39 is 17.8 Å². The molecule has 1 aromatic rings. The molecular weight excluding hydrogens is 382 g/mol. The van der Waals surface area contributed by atoms with Crippen molar-refractivity contribution in [3.8, 4) is 0 Å². The molecule has 7 nitrogen and oxygen atoms in total. The normalized spacial score (nSPS) is 22.3. The third-order valence-corrected chi connectivity index (χ3v) is 6.27. The van der Waals surface area contributed by atoms with Gasteiger partial charge >= 0.3 is 12.0 Å². The first-order valence-corrected chi connectivity index (χ1v) is 10.7. The Morgan fingerprint density at radius 2 is 1.37 bits per heavy atom. The van der Waals surface area contributed by atoms with Gasteiger partial charge in [-0.15, -0.1) is 0 Å². The minimum atomic E-state index is -0.939. The lowest BCUT2D eigenvalue weighted by molar-refractivity contribution is -0.146. The number of rotatable bonds is 5. The average Bonchev–Trinajstić information content (AvgIpc) is 2.71. The molecule has 0 saturated heterocycles. The first kappa shape index (κ1) is 21.9. The summed E-state index contributed by atoms with van der Waals surface area (Å²) >= 11 is 0. The summed E-state index contributed by atoms with van der Waals surface area (Å²) in [5.74, 6) is -2.53. The standard InChI is InChI=1S/C23H31N3O4/c1-14-12-19(20(22(28)29)13-15(14)2)21(27)24-17-8-10-18(11-9-17)26-23(30)25-16-6-4-3-5-7-16/h8-11,16,19-20H,3-7,12-13H2,1-2H3,(H,24,27)(H,28,29)(H2,25,26,30)/t19-,20+/m1/s1. The summed E-state index contributed by atoms with van der Waals surface area (Å²) < 4.78 is 0. The van der Waals surface area contributed by atoms with Gasteiger partial charge in [-0.3, -0.25) is 9.59 Å². The van der Waals surface area contributed by atoms with E-state index in [1.807, 2.05) is 13.8 Å².